The van der Waals surface area contributed by atoms with Crippen LogP contribution in [-0.4, -0.2) is 126 Å². The molecule has 4 atom stereocenters. The Morgan fingerprint density at radius 2 is 0.892 bits per heavy atom. The largest absolute Gasteiger partial charge is 0.480 e. The van der Waals surface area contributed by atoms with Gasteiger partial charge in [0.1, 0.15) is 26.4 Å². The van der Waals surface area contributed by atoms with Crippen LogP contribution in [0.5, 0.6) is 0 Å². The van der Waals surface area contributed by atoms with Crippen molar-refractivity contribution in [3.63, 3.8) is 0 Å². The fourth-order valence-corrected chi connectivity index (χ4v) is 4.82. The predicted octanol–water partition coefficient (Wildman–Crippen LogP) is 2.29. The van der Waals surface area contributed by atoms with E-state index in [1.165, 1.54) is 22.4 Å². The second-order valence-electron chi connectivity index (χ2n) is 15.5. The summed E-state index contributed by atoms with van der Waals surface area (Å²) in [5.74, 6) is -2.71. The molecule has 0 aliphatic rings. The second-order valence-corrected chi connectivity index (χ2v) is 15.5. The van der Waals surface area contributed by atoms with Crippen molar-refractivity contribution >= 4 is 76.5 Å². The highest BCUT2D eigenvalue weighted by atomic mass is 35.5. The number of nitrogens with two attached hydrogens (primary N) is 2. The molecular formula is C48H77B3ClN8O14. The number of aliphatic carboxylic acids is 1. The number of ether oxygens (including phenoxy) is 3. The summed E-state index contributed by atoms with van der Waals surface area (Å²) in [6.07, 6.45) is 1.57. The maximum atomic E-state index is 11.6. The van der Waals surface area contributed by atoms with Crippen molar-refractivity contribution in [2.45, 2.75) is 118 Å². The maximum Gasteiger partial charge on any atom is 0.320 e. The average molecular weight is 1060 g/mol. The van der Waals surface area contributed by atoms with Gasteiger partial charge in [0.05, 0.1) is 44.9 Å². The van der Waals surface area contributed by atoms with Gasteiger partial charge >= 0.3 is 46.3 Å². The number of hydroxylamine groups is 3. The predicted molar refractivity (Wildman–Crippen MR) is 286 cm³/mol. The average Bonchev–Trinajstić information content (AvgIpc) is 3.36. The normalized spacial score (nSPS) is 11.3. The number of esters is 3. The van der Waals surface area contributed by atoms with Gasteiger partial charge in [-0.1, -0.05) is 118 Å². The first-order valence-electron chi connectivity index (χ1n) is 23.5. The Hall–Kier alpha value is -5.89. The van der Waals surface area contributed by atoms with Crippen molar-refractivity contribution in [1.29, 1.82) is 0 Å². The van der Waals surface area contributed by atoms with Gasteiger partial charge in [-0.25, -0.2) is 16.4 Å². The van der Waals surface area contributed by atoms with Gasteiger partial charge in [0.25, 0.3) is 0 Å². The van der Waals surface area contributed by atoms with Gasteiger partial charge in [0.2, 0.25) is 17.7 Å². The van der Waals surface area contributed by atoms with E-state index in [-0.39, 0.29) is 131 Å². The molecule has 0 aromatic heterocycles. The molecule has 0 aliphatic heterocycles. The molecular weight excluding hydrogens is 980 g/mol. The lowest BCUT2D eigenvalue weighted by atomic mass is 10.1. The van der Waals surface area contributed by atoms with Crippen molar-refractivity contribution < 1.29 is 67.1 Å². The van der Waals surface area contributed by atoms with E-state index >= 15 is 0 Å². The van der Waals surface area contributed by atoms with E-state index in [1.54, 1.807) is 41.2 Å². The lowest BCUT2D eigenvalue weighted by molar-refractivity contribution is -0.146. The van der Waals surface area contributed by atoms with E-state index in [2.05, 4.69) is 44.1 Å². The van der Waals surface area contributed by atoms with Crippen LogP contribution in [0.25, 0.3) is 0 Å². The molecule has 3 rings (SSSR count). The molecule has 3 amide bonds. The van der Waals surface area contributed by atoms with Crippen LogP contribution in [0.2, 0.25) is 20.5 Å². The first-order valence-corrected chi connectivity index (χ1v) is 23.5. The zero-order valence-corrected chi connectivity index (χ0v) is 44.6. The minimum absolute atomic E-state index is 0. The van der Waals surface area contributed by atoms with Gasteiger partial charge in [-0.15, -0.1) is 12.4 Å². The number of carbonyl (C=O) groups is 7. The lowest BCUT2D eigenvalue weighted by Crippen LogP contribution is -2.40. The van der Waals surface area contributed by atoms with Gasteiger partial charge in [-0.05, 0) is 50.8 Å². The first-order chi connectivity index (χ1) is 34.9. The van der Waals surface area contributed by atoms with Crippen molar-refractivity contribution in [1.82, 2.24) is 32.4 Å². The Kier molecular flexibility index (Phi) is 48.2. The molecule has 0 bridgehead atoms. The van der Waals surface area contributed by atoms with Crippen molar-refractivity contribution in [3.05, 3.63) is 108 Å². The quantitative estimate of drug-likeness (QED) is 0.0158. The van der Waals surface area contributed by atoms with Crippen LogP contribution in [0.15, 0.2) is 91.0 Å². The summed E-state index contributed by atoms with van der Waals surface area (Å²) in [4.78, 5) is 78.5. The third kappa shape index (κ3) is 48.4. The molecule has 0 saturated carbocycles. The standard InChI is InChI=1S/2C14H20BN2O4.C13H18N2O3.C4H11N.C3H7BNO3.ClH/c2*1-11(17-13(18)9-16-21-15-2)8-14(19)20-10-12-6-4-3-5-7-12;1-10(15-12(16)8-14)9-18-13(17)7-11-5-3-2-4-6-11;1-3-4(2)5;1-4-8-5-2-3(6)7;/h2*3-7,11,16H,8-10H2,1-2H3,(H,17,18);2-6,10H,7-9,14H2,1H3,(H,15,16);4H,3,5H2,1-2H3;5H,2H2,1H3,(H,6,7);1H/t;;;4-;;/m...1../s1. The number of benzene rings is 3. The van der Waals surface area contributed by atoms with E-state index in [0.29, 0.717) is 6.04 Å². The molecule has 0 spiro atoms. The minimum atomic E-state index is -0.938. The number of hydrogen-bond donors (Lipinski definition) is 9. The summed E-state index contributed by atoms with van der Waals surface area (Å²) in [7, 11) is 4.22. The van der Waals surface area contributed by atoms with Gasteiger partial charge in [-0.3, -0.25) is 33.6 Å². The van der Waals surface area contributed by atoms with Gasteiger partial charge in [0, 0.05) is 18.1 Å². The monoisotopic (exact) mass is 1060 g/mol. The van der Waals surface area contributed by atoms with E-state index in [0.717, 1.165) is 23.1 Å². The Balaban J connectivity index is -0.000000907. The fourth-order valence-electron chi connectivity index (χ4n) is 4.82. The topological polar surface area (TPSA) is 319 Å². The summed E-state index contributed by atoms with van der Waals surface area (Å²) in [5.41, 5.74) is 20.3. The molecule has 74 heavy (non-hydrogen) atoms. The van der Waals surface area contributed by atoms with Crippen LogP contribution < -0.4 is 43.9 Å². The third-order valence-corrected chi connectivity index (χ3v) is 8.46. The molecule has 0 fully saturated rings. The molecule has 3 unspecified atom stereocenters. The Morgan fingerprint density at radius 1 is 0.541 bits per heavy atom. The summed E-state index contributed by atoms with van der Waals surface area (Å²) >= 11 is 0. The highest BCUT2D eigenvalue weighted by Gasteiger charge is 2.15. The number of hydrogen-bond acceptors (Lipinski definition) is 18. The molecule has 3 radical (unpaired) electrons. The zero-order chi connectivity index (χ0) is 55.1. The van der Waals surface area contributed by atoms with Gasteiger partial charge in [0.15, 0.2) is 0 Å². The van der Waals surface area contributed by atoms with E-state index in [9.17, 15) is 33.6 Å². The molecule has 0 saturated heterocycles. The van der Waals surface area contributed by atoms with Crippen LogP contribution >= 0.6 is 12.4 Å². The maximum absolute atomic E-state index is 11.6. The molecule has 11 N–H and O–H groups in total. The molecule has 0 aliphatic carbocycles. The van der Waals surface area contributed by atoms with Crippen molar-refractivity contribution in [2.24, 2.45) is 11.5 Å². The van der Waals surface area contributed by atoms with Gasteiger partial charge < -0.3 is 61.0 Å². The second kappa shape index (κ2) is 49.3. The summed E-state index contributed by atoms with van der Waals surface area (Å²) in [6, 6.07) is 27.8. The molecule has 26 heteroatoms. The van der Waals surface area contributed by atoms with Crippen LogP contribution in [0.4, 0.5) is 0 Å². The molecule has 22 nitrogen and oxygen atoms in total. The number of carboxylic acids is 1. The molecule has 3 aromatic carbocycles. The Bertz CT molecular complexity index is 1840. The first kappa shape index (κ1) is 72.4. The third-order valence-electron chi connectivity index (χ3n) is 8.46. The van der Waals surface area contributed by atoms with Crippen LogP contribution in [0.1, 0.15) is 70.6 Å². The number of halogens is 1. The minimum Gasteiger partial charge on any atom is -0.480 e. The number of rotatable bonds is 29. The molecule has 3 aromatic rings. The number of carbonyl (C=O) groups excluding carboxylic acids is 6. The van der Waals surface area contributed by atoms with Crippen LogP contribution in [0, 0.1) is 0 Å². The Labute approximate surface area is 444 Å². The van der Waals surface area contributed by atoms with Crippen molar-refractivity contribution in [2.75, 3.05) is 32.8 Å². The van der Waals surface area contributed by atoms with Gasteiger partial charge in [-0.2, -0.15) is 0 Å². The smallest absolute Gasteiger partial charge is 0.320 e. The fraction of sp³-hybridized carbons (Fsp3) is 0.479. The summed E-state index contributed by atoms with van der Waals surface area (Å²) in [6.45, 7) is 14.8. The van der Waals surface area contributed by atoms with E-state index in [4.69, 9.17) is 40.3 Å². The summed E-state index contributed by atoms with van der Waals surface area (Å²) < 4.78 is 29.2. The SMILES string of the molecule is CC(COC(=O)Cc1ccccc1)NC(=O)CN.CC[C@@H](C)N.C[B]ONCC(=O)NC(C)CC(=O)OCc1ccccc1.C[B]ONCC(=O)NC(C)CC(=O)OCc1ccccc1.C[B]ONCC(=O)O.Cl. The summed E-state index contributed by atoms with van der Waals surface area (Å²) in [5, 5.41) is 15.9. The number of amides is 3. The van der Waals surface area contributed by atoms with Crippen LogP contribution in [0.3, 0.4) is 0 Å². The number of carboxylic acid groups (broad SMARTS) is 1. The van der Waals surface area contributed by atoms with Crippen molar-refractivity contribution in [3.8, 4) is 0 Å². The lowest BCUT2D eigenvalue weighted by Gasteiger charge is -2.13. The molecule has 0 heterocycles. The molecule has 409 valence electrons. The highest BCUT2D eigenvalue weighted by Crippen LogP contribution is 2.05. The van der Waals surface area contributed by atoms with E-state index < -0.39 is 5.97 Å². The zero-order valence-electron chi connectivity index (χ0n) is 43.8. The highest BCUT2D eigenvalue weighted by molar-refractivity contribution is 6.25. The number of nitrogens with one attached hydrogen (secondary N) is 6. The van der Waals surface area contributed by atoms with E-state index in [1.807, 2.05) is 97.9 Å². The van der Waals surface area contributed by atoms with Crippen LogP contribution in [-0.2, 0) is 81.7 Å². The Morgan fingerprint density at radius 3 is 1.23 bits per heavy atom.